The highest BCUT2D eigenvalue weighted by Gasteiger charge is 2.10. The Morgan fingerprint density at radius 2 is 1.76 bits per heavy atom. The van der Waals surface area contributed by atoms with Crippen molar-refractivity contribution in [2.24, 2.45) is 0 Å². The van der Waals surface area contributed by atoms with Gasteiger partial charge in [0.15, 0.2) is 0 Å². The Hall–Kier alpha value is -2.34. The lowest BCUT2D eigenvalue weighted by molar-refractivity contribution is 0.102. The fourth-order valence-corrected chi connectivity index (χ4v) is 3.09. The predicted octanol–water partition coefficient (Wildman–Crippen LogP) is 3.96. The molecule has 2 rings (SSSR count). The summed E-state index contributed by atoms with van der Waals surface area (Å²) in [5, 5.41) is 2.86. The second kappa shape index (κ2) is 8.16. The quantitative estimate of drug-likeness (QED) is 0.785. The van der Waals surface area contributed by atoms with Gasteiger partial charge in [-0.3, -0.25) is 9.52 Å². The Morgan fingerprint density at radius 1 is 1.08 bits per heavy atom. The van der Waals surface area contributed by atoms with Crippen molar-refractivity contribution in [2.75, 3.05) is 16.3 Å². The Morgan fingerprint density at radius 3 is 2.32 bits per heavy atom. The van der Waals surface area contributed by atoms with Crippen LogP contribution >= 0.6 is 0 Å². The van der Waals surface area contributed by atoms with Crippen molar-refractivity contribution in [3.05, 3.63) is 59.2 Å². The molecule has 0 aliphatic heterocycles. The number of rotatable bonds is 7. The largest absolute Gasteiger partial charge is 0.322 e. The Bertz CT molecular complexity index is 843. The Balaban J connectivity index is 2.06. The fourth-order valence-electron chi connectivity index (χ4n) is 2.46. The van der Waals surface area contributed by atoms with Crippen LogP contribution in [-0.4, -0.2) is 20.6 Å². The molecule has 2 aromatic rings. The molecular formula is C19H24N2O3S. The third-order valence-corrected chi connectivity index (χ3v) is 4.41. The molecule has 134 valence electrons. The first-order valence-corrected chi connectivity index (χ1v) is 10.2. The standard InChI is InChI=1S/C19H24N2O3S/c1-4-5-6-15-7-10-17(11-8-15)20-19(22)16-9-12-18(14(2)13-16)21-25(3,23)24/h7-13,21H,4-6H2,1-3H3,(H,20,22). The van der Waals surface area contributed by atoms with Gasteiger partial charge in [-0.2, -0.15) is 0 Å². The molecule has 25 heavy (non-hydrogen) atoms. The van der Waals surface area contributed by atoms with Gasteiger partial charge in [-0.25, -0.2) is 8.42 Å². The molecule has 2 aromatic carbocycles. The molecule has 1 amide bonds. The van der Waals surface area contributed by atoms with E-state index < -0.39 is 10.0 Å². The summed E-state index contributed by atoms with van der Waals surface area (Å²) in [7, 11) is -3.34. The number of unbranched alkanes of at least 4 members (excludes halogenated alkanes) is 1. The highest BCUT2D eigenvalue weighted by molar-refractivity contribution is 7.92. The number of amides is 1. The van der Waals surface area contributed by atoms with Crippen LogP contribution in [0.5, 0.6) is 0 Å². The summed E-state index contributed by atoms with van der Waals surface area (Å²) >= 11 is 0. The molecule has 0 radical (unpaired) electrons. The zero-order valence-electron chi connectivity index (χ0n) is 14.8. The van der Waals surface area contributed by atoms with Crippen LogP contribution in [0.1, 0.15) is 41.3 Å². The minimum Gasteiger partial charge on any atom is -0.322 e. The van der Waals surface area contributed by atoms with Crippen LogP contribution in [0.2, 0.25) is 0 Å². The minimum atomic E-state index is -3.34. The first-order valence-electron chi connectivity index (χ1n) is 8.27. The molecule has 0 aromatic heterocycles. The summed E-state index contributed by atoms with van der Waals surface area (Å²) in [5.41, 5.74) is 3.63. The molecule has 0 bridgehead atoms. The van der Waals surface area contributed by atoms with Gasteiger partial charge in [0.1, 0.15) is 0 Å². The van der Waals surface area contributed by atoms with E-state index in [0.717, 1.165) is 31.2 Å². The molecule has 0 aliphatic carbocycles. The second-order valence-corrected chi connectivity index (χ2v) is 7.91. The van der Waals surface area contributed by atoms with Gasteiger partial charge in [-0.05, 0) is 61.2 Å². The van der Waals surface area contributed by atoms with E-state index in [9.17, 15) is 13.2 Å². The van der Waals surface area contributed by atoms with Crippen LogP contribution in [0.3, 0.4) is 0 Å². The lowest BCUT2D eigenvalue weighted by Crippen LogP contribution is -2.14. The highest BCUT2D eigenvalue weighted by atomic mass is 32.2. The number of aryl methyl sites for hydroxylation is 2. The van der Waals surface area contributed by atoms with E-state index in [1.165, 1.54) is 5.56 Å². The predicted molar refractivity (Wildman–Crippen MR) is 103 cm³/mol. The van der Waals surface area contributed by atoms with Gasteiger partial charge in [0.25, 0.3) is 5.91 Å². The number of carbonyl (C=O) groups excluding carboxylic acids is 1. The van der Waals surface area contributed by atoms with Crippen molar-refractivity contribution in [1.29, 1.82) is 0 Å². The molecule has 0 fully saturated rings. The summed E-state index contributed by atoms with van der Waals surface area (Å²) in [5.74, 6) is -0.227. The summed E-state index contributed by atoms with van der Waals surface area (Å²) in [6, 6.07) is 12.7. The molecule has 0 aliphatic rings. The van der Waals surface area contributed by atoms with Crippen LogP contribution < -0.4 is 10.0 Å². The average molecular weight is 360 g/mol. The normalized spacial score (nSPS) is 11.2. The van der Waals surface area contributed by atoms with Crippen LogP contribution in [0, 0.1) is 6.92 Å². The maximum Gasteiger partial charge on any atom is 0.255 e. The summed E-state index contributed by atoms with van der Waals surface area (Å²) < 4.78 is 25.1. The van der Waals surface area contributed by atoms with Gasteiger partial charge < -0.3 is 5.32 Å². The van der Waals surface area contributed by atoms with E-state index in [4.69, 9.17) is 0 Å². The van der Waals surface area contributed by atoms with Gasteiger partial charge in [-0.15, -0.1) is 0 Å². The van der Waals surface area contributed by atoms with Crippen LogP contribution in [-0.2, 0) is 16.4 Å². The number of sulfonamides is 1. The lowest BCUT2D eigenvalue weighted by Gasteiger charge is -2.10. The second-order valence-electron chi connectivity index (χ2n) is 6.16. The van der Waals surface area contributed by atoms with E-state index in [-0.39, 0.29) is 5.91 Å². The van der Waals surface area contributed by atoms with Crippen LogP contribution in [0.25, 0.3) is 0 Å². The van der Waals surface area contributed by atoms with E-state index >= 15 is 0 Å². The number of anilines is 2. The molecular weight excluding hydrogens is 336 g/mol. The summed E-state index contributed by atoms with van der Waals surface area (Å²) in [6.45, 7) is 3.92. The van der Waals surface area contributed by atoms with E-state index in [1.807, 2.05) is 24.3 Å². The monoisotopic (exact) mass is 360 g/mol. The molecule has 0 atom stereocenters. The maximum absolute atomic E-state index is 12.4. The minimum absolute atomic E-state index is 0.227. The van der Waals surface area contributed by atoms with Crippen molar-refractivity contribution in [2.45, 2.75) is 33.1 Å². The smallest absolute Gasteiger partial charge is 0.255 e. The van der Waals surface area contributed by atoms with Gasteiger partial charge in [-0.1, -0.05) is 25.5 Å². The van der Waals surface area contributed by atoms with Crippen LogP contribution in [0.15, 0.2) is 42.5 Å². The van der Waals surface area contributed by atoms with Crippen molar-refractivity contribution >= 4 is 27.3 Å². The summed E-state index contributed by atoms with van der Waals surface area (Å²) in [4.78, 5) is 12.4. The Labute approximate surface area is 149 Å². The van der Waals surface area contributed by atoms with Crippen molar-refractivity contribution in [1.82, 2.24) is 0 Å². The van der Waals surface area contributed by atoms with Crippen molar-refractivity contribution in [3.8, 4) is 0 Å². The lowest BCUT2D eigenvalue weighted by atomic mass is 10.1. The van der Waals surface area contributed by atoms with Gasteiger partial charge in [0.05, 0.1) is 11.9 Å². The first kappa shape index (κ1) is 19.0. The zero-order chi connectivity index (χ0) is 18.4. The molecule has 0 heterocycles. The van der Waals surface area contributed by atoms with Gasteiger partial charge in [0.2, 0.25) is 10.0 Å². The number of hydrogen-bond acceptors (Lipinski definition) is 3. The number of nitrogens with one attached hydrogen (secondary N) is 2. The molecule has 0 spiro atoms. The summed E-state index contributed by atoms with van der Waals surface area (Å²) in [6.07, 6.45) is 4.44. The first-order chi connectivity index (χ1) is 11.8. The van der Waals surface area contributed by atoms with E-state index in [1.54, 1.807) is 25.1 Å². The molecule has 0 saturated carbocycles. The van der Waals surface area contributed by atoms with Crippen LogP contribution in [0.4, 0.5) is 11.4 Å². The zero-order valence-corrected chi connectivity index (χ0v) is 15.6. The average Bonchev–Trinajstić information content (AvgIpc) is 2.55. The van der Waals surface area contributed by atoms with Crippen molar-refractivity contribution < 1.29 is 13.2 Å². The Kier molecular flexibility index (Phi) is 6.20. The maximum atomic E-state index is 12.4. The van der Waals surface area contributed by atoms with Crippen molar-refractivity contribution in [3.63, 3.8) is 0 Å². The SMILES string of the molecule is CCCCc1ccc(NC(=O)c2ccc(NS(C)(=O)=O)c(C)c2)cc1. The number of carbonyl (C=O) groups is 1. The van der Waals surface area contributed by atoms with Gasteiger partial charge in [0, 0.05) is 11.3 Å². The van der Waals surface area contributed by atoms with Gasteiger partial charge >= 0.3 is 0 Å². The van der Waals surface area contributed by atoms with E-state index in [2.05, 4.69) is 17.0 Å². The fraction of sp³-hybridized carbons (Fsp3) is 0.316. The molecule has 0 unspecified atom stereocenters. The molecule has 6 heteroatoms. The molecule has 2 N–H and O–H groups in total. The highest BCUT2D eigenvalue weighted by Crippen LogP contribution is 2.19. The number of hydrogen-bond donors (Lipinski definition) is 2. The molecule has 5 nitrogen and oxygen atoms in total. The topological polar surface area (TPSA) is 75.3 Å². The third kappa shape index (κ3) is 5.90. The third-order valence-electron chi connectivity index (χ3n) is 3.81. The molecule has 0 saturated heterocycles. The van der Waals surface area contributed by atoms with E-state index in [0.29, 0.717) is 16.8 Å². The number of benzene rings is 2.